The molecule has 0 saturated carbocycles. The number of hydrogen-bond donors (Lipinski definition) is 2. The fourth-order valence-corrected chi connectivity index (χ4v) is 0.966. The van der Waals surface area contributed by atoms with Crippen LogP contribution in [0.1, 0.15) is 10.5 Å². The maximum atomic E-state index is 10.5. The van der Waals surface area contributed by atoms with Crippen molar-refractivity contribution in [3.05, 3.63) is 24.2 Å². The quantitative estimate of drug-likeness (QED) is 0.647. The second-order valence-corrected chi connectivity index (χ2v) is 2.28. The van der Waals surface area contributed by atoms with E-state index in [4.69, 9.17) is 5.11 Å². The van der Waals surface area contributed by atoms with Crippen molar-refractivity contribution in [3.8, 4) is 0 Å². The van der Waals surface area contributed by atoms with Gasteiger partial charge in [-0.15, -0.1) is 0 Å². The number of H-pyrrole nitrogens is 1. The summed E-state index contributed by atoms with van der Waals surface area (Å²) >= 11 is 0. The molecule has 0 spiro atoms. The summed E-state index contributed by atoms with van der Waals surface area (Å²) < 4.78 is 0. The second kappa shape index (κ2) is 2.30. The van der Waals surface area contributed by atoms with Gasteiger partial charge in [0.1, 0.15) is 11.2 Å². The molecule has 2 rings (SSSR count). The number of nitrogens with zero attached hydrogens (tertiary/aromatic N) is 2. The Morgan fingerprint density at radius 2 is 2.17 bits per heavy atom. The first kappa shape index (κ1) is 6.78. The molecule has 2 N–H and O–H groups in total. The van der Waals surface area contributed by atoms with Gasteiger partial charge >= 0.3 is 5.97 Å². The van der Waals surface area contributed by atoms with Crippen LogP contribution in [-0.4, -0.2) is 26.0 Å². The Kier molecular flexibility index (Phi) is 1.30. The molecule has 0 aliphatic carbocycles. The number of hydrogen-bond acceptors (Lipinski definition) is 3. The Labute approximate surface area is 67.1 Å². The van der Waals surface area contributed by atoms with Crippen LogP contribution in [0.2, 0.25) is 0 Å². The molecule has 2 heterocycles. The third kappa shape index (κ3) is 0.914. The minimum atomic E-state index is -1.00. The molecular formula is C7H5N3O2. The minimum Gasteiger partial charge on any atom is -0.477 e. The van der Waals surface area contributed by atoms with Crippen molar-refractivity contribution >= 4 is 17.1 Å². The highest BCUT2D eigenvalue weighted by atomic mass is 16.4. The van der Waals surface area contributed by atoms with Gasteiger partial charge in [0.2, 0.25) is 0 Å². The summed E-state index contributed by atoms with van der Waals surface area (Å²) in [7, 11) is 0. The first-order chi connectivity index (χ1) is 5.77. The molecule has 0 unspecified atom stereocenters. The minimum absolute atomic E-state index is 0.108. The number of carboxylic acids is 1. The van der Waals surface area contributed by atoms with Crippen molar-refractivity contribution in [2.45, 2.75) is 0 Å². The molecule has 2 aromatic rings. The Balaban J connectivity index is 2.70. The molecule has 0 atom stereocenters. The first-order valence-electron chi connectivity index (χ1n) is 3.30. The number of aromatic carboxylic acids is 1. The molecule has 0 amide bonds. The van der Waals surface area contributed by atoms with Gasteiger partial charge in [-0.25, -0.2) is 9.78 Å². The highest BCUT2D eigenvalue weighted by molar-refractivity contribution is 5.91. The van der Waals surface area contributed by atoms with Crippen LogP contribution in [0.25, 0.3) is 11.2 Å². The molecule has 0 saturated heterocycles. The zero-order valence-corrected chi connectivity index (χ0v) is 5.98. The van der Waals surface area contributed by atoms with E-state index in [0.717, 1.165) is 0 Å². The van der Waals surface area contributed by atoms with Gasteiger partial charge < -0.3 is 10.1 Å². The number of rotatable bonds is 1. The van der Waals surface area contributed by atoms with Crippen molar-refractivity contribution in [1.82, 2.24) is 15.0 Å². The molecule has 0 fully saturated rings. The molecule has 2 aromatic heterocycles. The monoisotopic (exact) mass is 163 g/mol. The number of aromatic amines is 1. The van der Waals surface area contributed by atoms with E-state index in [1.165, 1.54) is 18.5 Å². The van der Waals surface area contributed by atoms with Gasteiger partial charge in [0.05, 0.1) is 0 Å². The van der Waals surface area contributed by atoms with Crippen LogP contribution >= 0.6 is 0 Å². The zero-order valence-electron chi connectivity index (χ0n) is 5.98. The number of nitrogens with one attached hydrogen (secondary N) is 1. The Bertz CT molecular complexity index is 402. The average Bonchev–Trinajstić information content (AvgIpc) is 2.46. The summed E-state index contributed by atoms with van der Waals surface area (Å²) in [4.78, 5) is 20.9. The predicted molar refractivity (Wildman–Crippen MR) is 40.8 cm³/mol. The normalized spacial score (nSPS) is 10.3. The number of carboxylic acid groups (broad SMARTS) is 1. The summed E-state index contributed by atoms with van der Waals surface area (Å²) in [5.74, 6) is -1.00. The van der Waals surface area contributed by atoms with E-state index in [-0.39, 0.29) is 5.69 Å². The van der Waals surface area contributed by atoms with Gasteiger partial charge in [-0.05, 0) is 6.07 Å². The van der Waals surface area contributed by atoms with Gasteiger partial charge in [0.15, 0.2) is 5.65 Å². The van der Waals surface area contributed by atoms with Crippen LogP contribution in [0, 0.1) is 0 Å². The fourth-order valence-electron chi connectivity index (χ4n) is 0.966. The van der Waals surface area contributed by atoms with Crippen LogP contribution in [0.4, 0.5) is 0 Å². The molecule has 12 heavy (non-hydrogen) atoms. The number of fused-ring (bicyclic) bond motifs is 1. The van der Waals surface area contributed by atoms with Crippen LogP contribution < -0.4 is 0 Å². The molecule has 60 valence electrons. The lowest BCUT2D eigenvalue weighted by atomic mass is 10.4. The highest BCUT2D eigenvalue weighted by Gasteiger charge is 2.07. The van der Waals surface area contributed by atoms with Crippen molar-refractivity contribution in [2.75, 3.05) is 0 Å². The first-order valence-corrected chi connectivity index (χ1v) is 3.30. The lowest BCUT2D eigenvalue weighted by Gasteiger charge is -1.83. The third-order valence-corrected chi connectivity index (χ3v) is 1.49. The highest BCUT2D eigenvalue weighted by Crippen LogP contribution is 2.08. The van der Waals surface area contributed by atoms with Crippen molar-refractivity contribution in [3.63, 3.8) is 0 Å². The molecule has 5 nitrogen and oxygen atoms in total. The van der Waals surface area contributed by atoms with Gasteiger partial charge in [0, 0.05) is 12.4 Å². The number of aromatic nitrogens is 3. The van der Waals surface area contributed by atoms with Crippen molar-refractivity contribution in [1.29, 1.82) is 0 Å². The van der Waals surface area contributed by atoms with E-state index >= 15 is 0 Å². The number of carbonyl (C=O) groups is 1. The van der Waals surface area contributed by atoms with Crippen LogP contribution in [0.15, 0.2) is 18.5 Å². The zero-order chi connectivity index (χ0) is 8.55. The lowest BCUT2D eigenvalue weighted by molar-refractivity contribution is 0.0691. The third-order valence-electron chi connectivity index (χ3n) is 1.49. The van der Waals surface area contributed by atoms with Crippen LogP contribution in [-0.2, 0) is 0 Å². The maximum absolute atomic E-state index is 10.5. The summed E-state index contributed by atoms with van der Waals surface area (Å²) in [5.41, 5.74) is 1.17. The maximum Gasteiger partial charge on any atom is 0.352 e. The van der Waals surface area contributed by atoms with E-state index in [2.05, 4.69) is 15.0 Å². The van der Waals surface area contributed by atoms with Crippen LogP contribution in [0.3, 0.4) is 0 Å². The second-order valence-electron chi connectivity index (χ2n) is 2.28. The fraction of sp³-hybridized carbons (Fsp3) is 0. The summed E-state index contributed by atoms with van der Waals surface area (Å²) in [6.45, 7) is 0. The van der Waals surface area contributed by atoms with Gasteiger partial charge in [-0.3, -0.25) is 4.98 Å². The van der Waals surface area contributed by atoms with E-state index in [1.807, 2.05) is 0 Å². The smallest absolute Gasteiger partial charge is 0.352 e. The Hall–Kier alpha value is -1.91. The van der Waals surface area contributed by atoms with Crippen molar-refractivity contribution < 1.29 is 9.90 Å². The van der Waals surface area contributed by atoms with Gasteiger partial charge in [-0.1, -0.05) is 0 Å². The van der Waals surface area contributed by atoms with Gasteiger partial charge in [0.25, 0.3) is 0 Å². The SMILES string of the molecule is O=C(O)c1cc2nccnc2[nH]1. The molecule has 0 aliphatic rings. The molecule has 0 aromatic carbocycles. The molecule has 5 heteroatoms. The summed E-state index contributed by atoms with van der Waals surface area (Å²) in [6, 6.07) is 1.45. The molecule has 0 aliphatic heterocycles. The molecule has 0 bridgehead atoms. The Morgan fingerprint density at radius 3 is 2.83 bits per heavy atom. The predicted octanol–water partition coefficient (Wildman–Crippen LogP) is 0.656. The Morgan fingerprint density at radius 1 is 1.42 bits per heavy atom. The topological polar surface area (TPSA) is 78.9 Å². The summed E-state index contributed by atoms with van der Waals surface area (Å²) in [5, 5.41) is 8.60. The lowest BCUT2D eigenvalue weighted by Crippen LogP contribution is -1.94. The standard InChI is InChI=1S/C7H5N3O2/c11-7(12)5-3-4-6(10-5)9-2-1-8-4/h1-3H,(H,9,10)(H,11,12). The largest absolute Gasteiger partial charge is 0.477 e. The average molecular weight is 163 g/mol. The molecular weight excluding hydrogens is 158 g/mol. The van der Waals surface area contributed by atoms with Crippen LogP contribution in [0.5, 0.6) is 0 Å². The van der Waals surface area contributed by atoms with Crippen molar-refractivity contribution in [2.24, 2.45) is 0 Å². The van der Waals surface area contributed by atoms with E-state index in [9.17, 15) is 4.79 Å². The van der Waals surface area contributed by atoms with E-state index in [0.29, 0.717) is 11.2 Å². The van der Waals surface area contributed by atoms with Gasteiger partial charge in [-0.2, -0.15) is 0 Å². The van der Waals surface area contributed by atoms with E-state index < -0.39 is 5.97 Å². The van der Waals surface area contributed by atoms with E-state index in [1.54, 1.807) is 0 Å². The molecule has 0 radical (unpaired) electrons. The summed E-state index contributed by atoms with van der Waals surface area (Å²) in [6.07, 6.45) is 3.02.